The van der Waals surface area contributed by atoms with E-state index < -0.39 is 0 Å². The molecule has 0 bridgehead atoms. The summed E-state index contributed by atoms with van der Waals surface area (Å²) in [5.74, 6) is -0.274. The minimum Gasteiger partial charge on any atom is -0.399 e. The van der Waals surface area contributed by atoms with Crippen LogP contribution in [0.2, 0.25) is 0 Å². The molecule has 10 heteroatoms. The summed E-state index contributed by atoms with van der Waals surface area (Å²) < 4.78 is 0. The molecule has 0 unspecified atom stereocenters. The van der Waals surface area contributed by atoms with Gasteiger partial charge in [0.2, 0.25) is 0 Å². The van der Waals surface area contributed by atoms with Crippen molar-refractivity contribution in [2.45, 2.75) is 32.7 Å². The number of H-pyrrole nitrogens is 1. The molecule has 3 aromatic carbocycles. The van der Waals surface area contributed by atoms with Crippen molar-refractivity contribution in [2.75, 3.05) is 21.3 Å². The molecule has 0 fully saturated rings. The van der Waals surface area contributed by atoms with E-state index in [-0.39, 0.29) is 29.8 Å². The molecule has 0 atom stereocenters. The van der Waals surface area contributed by atoms with Gasteiger partial charge in [0.1, 0.15) is 0 Å². The van der Waals surface area contributed by atoms with Crippen LogP contribution in [0.3, 0.4) is 0 Å². The Bertz CT molecular complexity index is 1330. The minimum absolute atomic E-state index is 0.00884. The summed E-state index contributed by atoms with van der Waals surface area (Å²) in [6, 6.07) is 21.6. The second-order valence-corrected chi connectivity index (χ2v) is 9.33. The van der Waals surface area contributed by atoms with Crippen LogP contribution in [-0.2, 0) is 12.0 Å². The maximum atomic E-state index is 13.4. The molecular weight excluding hydrogens is 456 g/mol. The molecule has 36 heavy (non-hydrogen) atoms. The summed E-state index contributed by atoms with van der Waals surface area (Å²) in [5.41, 5.74) is 10.2. The Labute approximate surface area is 208 Å². The van der Waals surface area contributed by atoms with Crippen molar-refractivity contribution in [2.24, 2.45) is 0 Å². The molecule has 3 amide bonds. The molecule has 184 valence electrons. The van der Waals surface area contributed by atoms with Gasteiger partial charge >= 0.3 is 6.03 Å². The summed E-state index contributed by atoms with van der Waals surface area (Å²) in [4.78, 5) is 27.4. The number of anilines is 4. The third-order valence-electron chi connectivity index (χ3n) is 5.56. The molecule has 10 nitrogen and oxygen atoms in total. The lowest BCUT2D eigenvalue weighted by Crippen LogP contribution is -2.34. The molecule has 4 rings (SSSR count). The van der Waals surface area contributed by atoms with Crippen LogP contribution in [0.25, 0.3) is 0 Å². The number of nitrogen functional groups attached to an aromatic ring is 1. The van der Waals surface area contributed by atoms with Crippen LogP contribution >= 0.6 is 0 Å². The van der Waals surface area contributed by atoms with E-state index in [9.17, 15) is 9.59 Å². The average Bonchev–Trinajstić information content (AvgIpc) is 3.35. The van der Waals surface area contributed by atoms with E-state index in [2.05, 4.69) is 52.0 Å². The van der Waals surface area contributed by atoms with Crippen molar-refractivity contribution in [3.63, 3.8) is 0 Å². The fraction of sp³-hybridized carbons (Fsp3) is 0.192. The number of aromatic nitrogens is 4. The summed E-state index contributed by atoms with van der Waals surface area (Å²) in [6.07, 6.45) is 0. The van der Waals surface area contributed by atoms with Gasteiger partial charge in [-0.15, -0.1) is 5.10 Å². The van der Waals surface area contributed by atoms with Crippen LogP contribution < -0.4 is 21.3 Å². The van der Waals surface area contributed by atoms with Gasteiger partial charge in [0, 0.05) is 22.6 Å². The largest absolute Gasteiger partial charge is 0.399 e. The number of rotatable bonds is 6. The highest BCUT2D eigenvalue weighted by Crippen LogP contribution is 2.26. The number of urea groups is 1. The van der Waals surface area contributed by atoms with Crippen molar-refractivity contribution in [1.82, 2.24) is 20.6 Å². The second kappa shape index (κ2) is 10.3. The maximum Gasteiger partial charge on any atom is 0.326 e. The van der Waals surface area contributed by atoms with Crippen molar-refractivity contribution >= 4 is 34.9 Å². The molecule has 1 heterocycles. The van der Waals surface area contributed by atoms with Gasteiger partial charge in [-0.25, -0.2) is 4.79 Å². The first kappa shape index (κ1) is 24.4. The molecule has 4 aromatic rings. The predicted molar refractivity (Wildman–Crippen MR) is 140 cm³/mol. The van der Waals surface area contributed by atoms with Crippen LogP contribution in [-0.4, -0.2) is 32.6 Å². The van der Waals surface area contributed by atoms with Crippen molar-refractivity contribution in [3.8, 4) is 0 Å². The van der Waals surface area contributed by atoms with E-state index >= 15 is 0 Å². The summed E-state index contributed by atoms with van der Waals surface area (Å²) in [7, 11) is 0. The molecule has 0 aliphatic heterocycles. The number of tetrazole rings is 1. The van der Waals surface area contributed by atoms with Crippen LogP contribution in [0.1, 0.15) is 42.3 Å². The highest BCUT2D eigenvalue weighted by molar-refractivity contribution is 6.03. The van der Waals surface area contributed by atoms with E-state index in [4.69, 9.17) is 5.73 Å². The lowest BCUT2D eigenvalue weighted by molar-refractivity contribution is 0.102. The molecule has 0 saturated carbocycles. The van der Waals surface area contributed by atoms with Gasteiger partial charge < -0.3 is 11.1 Å². The van der Waals surface area contributed by atoms with Gasteiger partial charge in [-0.2, -0.15) is 5.21 Å². The van der Waals surface area contributed by atoms with E-state index in [1.54, 1.807) is 53.4 Å². The number of aromatic amines is 1. The number of nitrogens with zero attached hydrogens (tertiary/aromatic N) is 4. The quantitative estimate of drug-likeness (QED) is 0.295. The summed E-state index contributed by atoms with van der Waals surface area (Å²) in [6.45, 7) is 6.71. The zero-order chi connectivity index (χ0) is 25.7. The number of amides is 3. The number of nitrogens with one attached hydrogen (secondary N) is 3. The Balaban J connectivity index is 1.56. The average molecular weight is 485 g/mol. The summed E-state index contributed by atoms with van der Waals surface area (Å²) in [5, 5.41) is 18.6. The van der Waals surface area contributed by atoms with Gasteiger partial charge in [0.15, 0.2) is 0 Å². The zero-order valence-corrected chi connectivity index (χ0v) is 20.3. The third kappa shape index (κ3) is 6.03. The van der Waals surface area contributed by atoms with Crippen LogP contribution in [0.5, 0.6) is 0 Å². The number of carbonyl (C=O) groups is 2. The number of hydrogen-bond donors (Lipinski definition) is 4. The first-order chi connectivity index (χ1) is 17.2. The van der Waals surface area contributed by atoms with Gasteiger partial charge in [-0.05, 0) is 64.2 Å². The smallest absolute Gasteiger partial charge is 0.326 e. The topological polar surface area (TPSA) is 142 Å². The summed E-state index contributed by atoms with van der Waals surface area (Å²) >= 11 is 0. The molecule has 0 aliphatic rings. The molecule has 0 aliphatic carbocycles. The van der Waals surface area contributed by atoms with Crippen molar-refractivity contribution < 1.29 is 9.59 Å². The normalized spacial score (nSPS) is 11.1. The highest BCUT2D eigenvalue weighted by Gasteiger charge is 2.19. The van der Waals surface area contributed by atoms with E-state index in [1.165, 1.54) is 5.56 Å². The number of benzene rings is 3. The highest BCUT2D eigenvalue weighted by atomic mass is 16.2. The number of nitrogens with two attached hydrogens (primary N) is 1. The molecule has 5 N–H and O–H groups in total. The second-order valence-electron chi connectivity index (χ2n) is 9.33. The molecule has 0 spiro atoms. The van der Waals surface area contributed by atoms with Crippen LogP contribution in [0, 0.1) is 0 Å². The minimum atomic E-state index is -0.364. The Morgan fingerprint density at radius 2 is 1.69 bits per heavy atom. The van der Waals surface area contributed by atoms with Crippen molar-refractivity contribution in [3.05, 3.63) is 89.5 Å². The Morgan fingerprint density at radius 1 is 0.972 bits per heavy atom. The zero-order valence-electron chi connectivity index (χ0n) is 20.3. The van der Waals surface area contributed by atoms with E-state index in [0.717, 1.165) is 11.3 Å². The van der Waals surface area contributed by atoms with Gasteiger partial charge in [-0.1, -0.05) is 56.2 Å². The van der Waals surface area contributed by atoms with Gasteiger partial charge in [0.25, 0.3) is 11.9 Å². The third-order valence-corrected chi connectivity index (χ3v) is 5.56. The fourth-order valence-electron chi connectivity index (χ4n) is 3.56. The van der Waals surface area contributed by atoms with Crippen molar-refractivity contribution in [1.29, 1.82) is 0 Å². The van der Waals surface area contributed by atoms with Gasteiger partial charge in [-0.3, -0.25) is 15.0 Å². The lowest BCUT2D eigenvalue weighted by atomic mass is 9.87. The monoisotopic (exact) mass is 484 g/mol. The van der Waals surface area contributed by atoms with Gasteiger partial charge in [0.05, 0.1) is 6.54 Å². The standard InChI is InChI=1S/C26H28N8O2/c1-26(2,3)19-11-13-22(14-12-19)34(25(36)28-21-6-4-5-20(27)15-21)16-17-7-9-18(10-8-17)23(35)29-24-30-32-33-31-24/h4-15H,16,27H2,1-3H3,(H,28,36)(H2,29,30,31,32,33,35). The first-order valence-corrected chi connectivity index (χ1v) is 11.4. The number of carbonyl (C=O) groups excluding carboxylic acids is 2. The maximum absolute atomic E-state index is 13.4. The molecule has 0 radical (unpaired) electrons. The first-order valence-electron chi connectivity index (χ1n) is 11.4. The van der Waals surface area contributed by atoms with Crippen LogP contribution in [0.15, 0.2) is 72.8 Å². The number of hydrogen-bond acceptors (Lipinski definition) is 6. The SMILES string of the molecule is CC(C)(C)c1ccc(N(Cc2ccc(C(=O)Nc3nn[nH]n3)cc2)C(=O)Nc2cccc(N)c2)cc1. The molecule has 0 saturated heterocycles. The van der Waals surface area contributed by atoms with Crippen LogP contribution in [0.4, 0.5) is 27.8 Å². The van der Waals surface area contributed by atoms with E-state index in [0.29, 0.717) is 16.9 Å². The molecule has 1 aromatic heterocycles. The molecular formula is C26H28N8O2. The Kier molecular flexibility index (Phi) is 6.95. The lowest BCUT2D eigenvalue weighted by Gasteiger charge is -2.25. The fourth-order valence-corrected chi connectivity index (χ4v) is 3.56. The Morgan fingerprint density at radius 3 is 2.31 bits per heavy atom. The Hall–Kier alpha value is -4.73. The predicted octanol–water partition coefficient (Wildman–Crippen LogP) is 4.57. The van der Waals surface area contributed by atoms with E-state index in [1.807, 2.05) is 24.3 Å².